The molecular formula is C19H19N3O3S. The van der Waals surface area contributed by atoms with Crippen LogP contribution in [0.4, 0.5) is 5.69 Å². The molecule has 0 unspecified atom stereocenters. The Morgan fingerprint density at radius 3 is 2.62 bits per heavy atom. The van der Waals surface area contributed by atoms with Gasteiger partial charge in [-0.25, -0.2) is 4.98 Å². The number of rotatable bonds is 7. The van der Waals surface area contributed by atoms with Gasteiger partial charge < -0.3 is 14.8 Å². The van der Waals surface area contributed by atoms with Gasteiger partial charge in [0.05, 0.1) is 25.7 Å². The van der Waals surface area contributed by atoms with E-state index in [2.05, 4.69) is 10.3 Å². The number of hydrogen-bond acceptors (Lipinski definition) is 5. The summed E-state index contributed by atoms with van der Waals surface area (Å²) in [4.78, 5) is 16.6. The number of amides is 1. The van der Waals surface area contributed by atoms with Crippen molar-refractivity contribution in [2.45, 2.75) is 5.16 Å². The number of aromatic nitrogens is 2. The highest BCUT2D eigenvalue weighted by Crippen LogP contribution is 2.25. The number of nitrogens with one attached hydrogen (secondary N) is 1. The second kappa shape index (κ2) is 8.44. The lowest BCUT2D eigenvalue weighted by Crippen LogP contribution is -2.15. The lowest BCUT2D eigenvalue weighted by Gasteiger charge is -2.10. The van der Waals surface area contributed by atoms with Gasteiger partial charge in [0.15, 0.2) is 5.16 Å². The minimum atomic E-state index is -0.121. The molecule has 134 valence electrons. The lowest BCUT2D eigenvalue weighted by atomic mass is 10.3. The van der Waals surface area contributed by atoms with Crippen molar-refractivity contribution in [3.8, 4) is 17.2 Å². The summed E-state index contributed by atoms with van der Waals surface area (Å²) >= 11 is 1.37. The molecule has 1 aromatic heterocycles. The molecule has 0 aliphatic heterocycles. The molecule has 0 aliphatic carbocycles. The number of imidazole rings is 1. The van der Waals surface area contributed by atoms with Crippen LogP contribution >= 0.6 is 11.8 Å². The number of thioether (sulfide) groups is 1. The Balaban J connectivity index is 1.65. The third-order valence-electron chi connectivity index (χ3n) is 3.67. The van der Waals surface area contributed by atoms with E-state index in [0.717, 1.165) is 16.6 Å². The summed E-state index contributed by atoms with van der Waals surface area (Å²) in [7, 11) is 3.21. The normalized spacial score (nSPS) is 10.4. The van der Waals surface area contributed by atoms with Gasteiger partial charge in [-0.3, -0.25) is 9.36 Å². The molecule has 0 saturated carbocycles. The Hall–Kier alpha value is -2.93. The molecule has 0 atom stereocenters. The van der Waals surface area contributed by atoms with E-state index in [9.17, 15) is 4.79 Å². The number of benzene rings is 2. The fourth-order valence-electron chi connectivity index (χ4n) is 2.40. The van der Waals surface area contributed by atoms with E-state index in [1.807, 2.05) is 47.2 Å². The van der Waals surface area contributed by atoms with Crippen LogP contribution in [0.5, 0.6) is 11.5 Å². The largest absolute Gasteiger partial charge is 0.497 e. The first-order valence-corrected chi connectivity index (χ1v) is 8.93. The number of nitrogens with zero attached hydrogens (tertiary/aromatic N) is 2. The highest BCUT2D eigenvalue weighted by molar-refractivity contribution is 7.99. The zero-order valence-electron chi connectivity index (χ0n) is 14.5. The van der Waals surface area contributed by atoms with E-state index in [1.54, 1.807) is 32.5 Å². The van der Waals surface area contributed by atoms with Crippen LogP contribution < -0.4 is 14.8 Å². The van der Waals surface area contributed by atoms with Crippen LogP contribution in [0.2, 0.25) is 0 Å². The van der Waals surface area contributed by atoms with Crippen molar-refractivity contribution in [1.82, 2.24) is 9.55 Å². The molecule has 0 fully saturated rings. The van der Waals surface area contributed by atoms with Crippen molar-refractivity contribution in [3.05, 3.63) is 60.9 Å². The third kappa shape index (κ3) is 4.18. The molecule has 1 heterocycles. The fourth-order valence-corrected chi connectivity index (χ4v) is 3.17. The van der Waals surface area contributed by atoms with E-state index >= 15 is 0 Å². The molecule has 3 rings (SSSR count). The van der Waals surface area contributed by atoms with Crippen LogP contribution in [0.15, 0.2) is 66.1 Å². The zero-order chi connectivity index (χ0) is 18.4. The summed E-state index contributed by atoms with van der Waals surface area (Å²) in [5, 5.41) is 3.60. The molecule has 26 heavy (non-hydrogen) atoms. The minimum absolute atomic E-state index is 0.121. The van der Waals surface area contributed by atoms with Gasteiger partial charge in [-0.15, -0.1) is 0 Å². The maximum Gasteiger partial charge on any atom is 0.234 e. The lowest BCUT2D eigenvalue weighted by molar-refractivity contribution is -0.113. The molecule has 0 saturated heterocycles. The van der Waals surface area contributed by atoms with Crippen molar-refractivity contribution in [3.63, 3.8) is 0 Å². The first kappa shape index (κ1) is 17.9. The molecule has 6 nitrogen and oxygen atoms in total. The van der Waals surface area contributed by atoms with Gasteiger partial charge in [0.2, 0.25) is 5.91 Å². The van der Waals surface area contributed by atoms with E-state index < -0.39 is 0 Å². The maximum absolute atomic E-state index is 12.3. The van der Waals surface area contributed by atoms with Crippen LogP contribution in [0.25, 0.3) is 5.69 Å². The molecule has 7 heteroatoms. The van der Waals surface area contributed by atoms with Crippen molar-refractivity contribution >= 4 is 23.4 Å². The summed E-state index contributed by atoms with van der Waals surface area (Å²) in [6.45, 7) is 0. The standard InChI is InChI=1S/C19H19N3O3S/c1-24-15-9-7-14(8-10-15)22-12-11-20-19(22)26-13-18(23)21-16-5-3-4-6-17(16)25-2/h3-12H,13H2,1-2H3,(H,21,23). The first-order valence-electron chi connectivity index (χ1n) is 7.94. The predicted octanol–water partition coefficient (Wildman–Crippen LogP) is 3.62. The molecule has 0 bridgehead atoms. The summed E-state index contributed by atoms with van der Waals surface area (Å²) in [6.07, 6.45) is 3.58. The number of carbonyl (C=O) groups is 1. The van der Waals surface area contributed by atoms with E-state index in [4.69, 9.17) is 9.47 Å². The highest BCUT2D eigenvalue weighted by atomic mass is 32.2. The Labute approximate surface area is 156 Å². The van der Waals surface area contributed by atoms with E-state index in [0.29, 0.717) is 11.4 Å². The van der Waals surface area contributed by atoms with Crippen molar-refractivity contribution in [2.75, 3.05) is 25.3 Å². The van der Waals surface area contributed by atoms with Crippen molar-refractivity contribution in [2.24, 2.45) is 0 Å². The zero-order valence-corrected chi connectivity index (χ0v) is 15.3. The predicted molar refractivity (Wildman–Crippen MR) is 102 cm³/mol. The van der Waals surface area contributed by atoms with Crippen LogP contribution in [-0.2, 0) is 4.79 Å². The van der Waals surface area contributed by atoms with Crippen molar-refractivity contribution in [1.29, 1.82) is 0 Å². The molecule has 1 amide bonds. The third-order valence-corrected chi connectivity index (χ3v) is 4.64. The second-order valence-corrected chi connectivity index (χ2v) is 6.26. The van der Waals surface area contributed by atoms with Crippen LogP contribution in [0.1, 0.15) is 0 Å². The van der Waals surface area contributed by atoms with Gasteiger partial charge in [-0.05, 0) is 36.4 Å². The monoisotopic (exact) mass is 369 g/mol. The quantitative estimate of drug-likeness (QED) is 0.645. The molecular weight excluding hydrogens is 350 g/mol. The molecule has 0 radical (unpaired) electrons. The smallest absolute Gasteiger partial charge is 0.234 e. The Morgan fingerprint density at radius 2 is 1.88 bits per heavy atom. The van der Waals surface area contributed by atoms with Crippen LogP contribution in [0.3, 0.4) is 0 Å². The van der Waals surface area contributed by atoms with Gasteiger partial charge in [0.25, 0.3) is 0 Å². The number of carbonyl (C=O) groups excluding carboxylic acids is 1. The van der Waals surface area contributed by atoms with Crippen LogP contribution in [-0.4, -0.2) is 35.4 Å². The Kier molecular flexibility index (Phi) is 5.80. The average molecular weight is 369 g/mol. The fraction of sp³-hybridized carbons (Fsp3) is 0.158. The topological polar surface area (TPSA) is 65.4 Å². The Bertz CT molecular complexity index is 878. The highest BCUT2D eigenvalue weighted by Gasteiger charge is 2.11. The van der Waals surface area contributed by atoms with Crippen LogP contribution in [0, 0.1) is 0 Å². The summed E-state index contributed by atoms with van der Waals surface area (Å²) in [6, 6.07) is 15.0. The number of hydrogen-bond donors (Lipinski definition) is 1. The number of para-hydroxylation sites is 2. The SMILES string of the molecule is COc1ccc(-n2ccnc2SCC(=O)Nc2ccccc2OC)cc1. The minimum Gasteiger partial charge on any atom is -0.497 e. The average Bonchev–Trinajstić information content (AvgIpc) is 3.15. The van der Waals surface area contributed by atoms with Gasteiger partial charge in [0.1, 0.15) is 11.5 Å². The number of methoxy groups -OCH3 is 2. The molecule has 0 aliphatic rings. The van der Waals surface area contributed by atoms with Gasteiger partial charge in [0, 0.05) is 18.1 Å². The molecule has 3 aromatic rings. The number of ether oxygens (including phenoxy) is 2. The van der Waals surface area contributed by atoms with Crippen molar-refractivity contribution < 1.29 is 14.3 Å². The van der Waals surface area contributed by atoms with Gasteiger partial charge >= 0.3 is 0 Å². The molecule has 0 spiro atoms. The van der Waals surface area contributed by atoms with Gasteiger partial charge in [-0.1, -0.05) is 23.9 Å². The molecule has 2 aromatic carbocycles. The first-order chi connectivity index (χ1) is 12.7. The summed E-state index contributed by atoms with van der Waals surface area (Å²) < 4.78 is 12.4. The van der Waals surface area contributed by atoms with E-state index in [-0.39, 0.29) is 11.7 Å². The maximum atomic E-state index is 12.3. The summed E-state index contributed by atoms with van der Waals surface area (Å²) in [5.74, 6) is 1.54. The Morgan fingerprint density at radius 1 is 1.12 bits per heavy atom. The van der Waals surface area contributed by atoms with Gasteiger partial charge in [-0.2, -0.15) is 0 Å². The second-order valence-electron chi connectivity index (χ2n) is 5.31. The number of anilines is 1. The van der Waals surface area contributed by atoms with E-state index in [1.165, 1.54) is 11.8 Å². The molecule has 1 N–H and O–H groups in total. The summed E-state index contributed by atoms with van der Waals surface area (Å²) in [5.41, 5.74) is 1.61.